The normalized spacial score (nSPS) is 25.9. The summed E-state index contributed by atoms with van der Waals surface area (Å²) in [7, 11) is 2.02. The van der Waals surface area contributed by atoms with Gasteiger partial charge < -0.3 is 15.5 Å². The number of hydrogen-bond acceptors (Lipinski definition) is 3. The van der Waals surface area contributed by atoms with Crippen molar-refractivity contribution in [1.29, 1.82) is 0 Å². The summed E-state index contributed by atoms with van der Waals surface area (Å²) in [6.45, 7) is 4.35. The third kappa shape index (κ3) is 1.95. The van der Waals surface area contributed by atoms with Crippen LogP contribution in [0.15, 0.2) is 0 Å². The standard InChI is InChI=1S/C8H17N3O/c1-3-8(12)11-5-4-10(2)6-7(11)9/h7H,3-6,9H2,1-2H3. The highest BCUT2D eigenvalue weighted by atomic mass is 16.2. The molecule has 1 heterocycles. The lowest BCUT2D eigenvalue weighted by Crippen LogP contribution is -2.57. The number of rotatable bonds is 1. The molecule has 4 heteroatoms. The molecule has 1 saturated heterocycles. The molecule has 2 N–H and O–H groups in total. The summed E-state index contributed by atoms with van der Waals surface area (Å²) in [6, 6.07) is 0. The van der Waals surface area contributed by atoms with E-state index in [-0.39, 0.29) is 12.1 Å². The van der Waals surface area contributed by atoms with Crippen LogP contribution in [0.2, 0.25) is 0 Å². The molecule has 0 aromatic carbocycles. The number of carbonyl (C=O) groups excluding carboxylic acids is 1. The predicted molar refractivity (Wildman–Crippen MR) is 47.5 cm³/mol. The van der Waals surface area contributed by atoms with Gasteiger partial charge in [0.1, 0.15) is 0 Å². The van der Waals surface area contributed by atoms with Crippen LogP contribution >= 0.6 is 0 Å². The first-order chi connectivity index (χ1) is 5.65. The van der Waals surface area contributed by atoms with Gasteiger partial charge in [-0.3, -0.25) is 4.79 Å². The zero-order valence-electron chi connectivity index (χ0n) is 7.79. The van der Waals surface area contributed by atoms with Crippen LogP contribution in [-0.4, -0.2) is 48.6 Å². The number of hydrogen-bond donors (Lipinski definition) is 1. The van der Waals surface area contributed by atoms with Crippen molar-refractivity contribution in [1.82, 2.24) is 9.80 Å². The average Bonchev–Trinajstić information content (AvgIpc) is 2.03. The molecule has 70 valence electrons. The van der Waals surface area contributed by atoms with Gasteiger partial charge in [0.05, 0.1) is 6.17 Å². The molecule has 1 fully saturated rings. The van der Waals surface area contributed by atoms with Gasteiger partial charge >= 0.3 is 0 Å². The zero-order chi connectivity index (χ0) is 9.14. The Balaban J connectivity index is 2.50. The Bertz CT molecular complexity index is 172. The van der Waals surface area contributed by atoms with E-state index in [1.54, 1.807) is 4.90 Å². The van der Waals surface area contributed by atoms with E-state index in [2.05, 4.69) is 4.90 Å². The van der Waals surface area contributed by atoms with Crippen molar-refractivity contribution < 1.29 is 4.79 Å². The summed E-state index contributed by atoms with van der Waals surface area (Å²) in [5, 5.41) is 0. The molecule has 1 atom stereocenters. The maximum absolute atomic E-state index is 11.3. The van der Waals surface area contributed by atoms with E-state index in [0.717, 1.165) is 19.6 Å². The van der Waals surface area contributed by atoms with Gasteiger partial charge in [-0.15, -0.1) is 0 Å². The highest BCUT2D eigenvalue weighted by Gasteiger charge is 2.24. The Morgan fingerprint density at radius 2 is 2.25 bits per heavy atom. The SMILES string of the molecule is CCC(=O)N1CCN(C)CC1N. The van der Waals surface area contributed by atoms with Gasteiger partial charge in [0.2, 0.25) is 5.91 Å². The first kappa shape index (κ1) is 9.48. The minimum atomic E-state index is -0.115. The highest BCUT2D eigenvalue weighted by molar-refractivity contribution is 5.76. The quantitative estimate of drug-likeness (QED) is 0.576. The lowest BCUT2D eigenvalue weighted by molar-refractivity contribution is -0.135. The van der Waals surface area contributed by atoms with Gasteiger partial charge in [0.25, 0.3) is 0 Å². The van der Waals surface area contributed by atoms with E-state index >= 15 is 0 Å². The number of nitrogens with two attached hydrogens (primary N) is 1. The lowest BCUT2D eigenvalue weighted by Gasteiger charge is -2.37. The smallest absolute Gasteiger partial charge is 0.223 e. The van der Waals surface area contributed by atoms with E-state index in [1.165, 1.54) is 0 Å². The lowest BCUT2D eigenvalue weighted by atomic mass is 10.2. The van der Waals surface area contributed by atoms with Crippen LogP contribution in [-0.2, 0) is 4.79 Å². The van der Waals surface area contributed by atoms with Gasteiger partial charge in [-0.25, -0.2) is 0 Å². The van der Waals surface area contributed by atoms with Gasteiger partial charge in [-0.1, -0.05) is 6.92 Å². The second kappa shape index (κ2) is 3.87. The molecule has 0 bridgehead atoms. The summed E-state index contributed by atoms with van der Waals surface area (Å²) in [4.78, 5) is 15.2. The van der Waals surface area contributed by atoms with Gasteiger partial charge in [-0.05, 0) is 7.05 Å². The van der Waals surface area contributed by atoms with Crippen molar-refractivity contribution in [2.45, 2.75) is 19.5 Å². The number of piperazine rings is 1. The minimum Gasteiger partial charge on any atom is -0.325 e. The summed E-state index contributed by atoms with van der Waals surface area (Å²) in [6.07, 6.45) is 0.438. The number of amides is 1. The van der Waals surface area contributed by atoms with Crippen LogP contribution in [0.5, 0.6) is 0 Å². The molecule has 12 heavy (non-hydrogen) atoms. The Morgan fingerprint density at radius 1 is 1.58 bits per heavy atom. The molecule has 1 aliphatic heterocycles. The van der Waals surface area contributed by atoms with Crippen LogP contribution < -0.4 is 5.73 Å². The highest BCUT2D eigenvalue weighted by Crippen LogP contribution is 2.05. The van der Waals surface area contributed by atoms with Crippen molar-refractivity contribution in [2.75, 3.05) is 26.7 Å². The molecular formula is C8H17N3O. The van der Waals surface area contributed by atoms with Crippen LogP contribution in [0.1, 0.15) is 13.3 Å². The second-order valence-corrected chi connectivity index (χ2v) is 3.27. The molecule has 1 aliphatic rings. The Morgan fingerprint density at radius 3 is 2.75 bits per heavy atom. The Labute approximate surface area is 73.3 Å². The van der Waals surface area contributed by atoms with Gasteiger partial charge in [0, 0.05) is 26.1 Å². The number of nitrogens with zero attached hydrogens (tertiary/aromatic N) is 2. The largest absolute Gasteiger partial charge is 0.325 e. The van der Waals surface area contributed by atoms with Crippen molar-refractivity contribution in [3.8, 4) is 0 Å². The van der Waals surface area contributed by atoms with Gasteiger partial charge in [0.15, 0.2) is 0 Å². The summed E-state index contributed by atoms with van der Waals surface area (Å²) in [5.74, 6) is 0.163. The number of carbonyl (C=O) groups is 1. The molecule has 1 unspecified atom stereocenters. The third-order valence-corrected chi connectivity index (χ3v) is 2.24. The average molecular weight is 171 g/mol. The molecule has 0 aromatic heterocycles. The predicted octanol–water partition coefficient (Wildman–Crippen LogP) is -0.545. The van der Waals surface area contributed by atoms with Crippen LogP contribution in [0.4, 0.5) is 0 Å². The van der Waals surface area contributed by atoms with Crippen molar-refractivity contribution in [3.63, 3.8) is 0 Å². The number of likely N-dealkylation sites (N-methyl/N-ethyl adjacent to an activating group) is 1. The molecule has 0 aliphatic carbocycles. The van der Waals surface area contributed by atoms with Crippen molar-refractivity contribution >= 4 is 5.91 Å². The zero-order valence-corrected chi connectivity index (χ0v) is 7.79. The van der Waals surface area contributed by atoms with Crippen LogP contribution in [0.3, 0.4) is 0 Å². The Kier molecular flexibility index (Phi) is 3.05. The van der Waals surface area contributed by atoms with Gasteiger partial charge in [-0.2, -0.15) is 0 Å². The molecule has 1 amide bonds. The fraction of sp³-hybridized carbons (Fsp3) is 0.875. The minimum absolute atomic E-state index is 0.115. The van der Waals surface area contributed by atoms with E-state index in [0.29, 0.717) is 6.42 Å². The molecule has 0 aromatic rings. The third-order valence-electron chi connectivity index (χ3n) is 2.24. The first-order valence-electron chi connectivity index (χ1n) is 4.38. The molecule has 1 rings (SSSR count). The first-order valence-corrected chi connectivity index (χ1v) is 4.38. The van der Waals surface area contributed by atoms with Crippen LogP contribution in [0.25, 0.3) is 0 Å². The topological polar surface area (TPSA) is 49.6 Å². The van der Waals surface area contributed by atoms with E-state index < -0.39 is 0 Å². The fourth-order valence-corrected chi connectivity index (χ4v) is 1.47. The summed E-state index contributed by atoms with van der Waals surface area (Å²) < 4.78 is 0. The maximum atomic E-state index is 11.3. The maximum Gasteiger partial charge on any atom is 0.223 e. The molecule has 0 spiro atoms. The summed E-state index contributed by atoms with van der Waals surface area (Å²) in [5.41, 5.74) is 5.81. The van der Waals surface area contributed by atoms with E-state index in [4.69, 9.17) is 5.73 Å². The van der Waals surface area contributed by atoms with Crippen molar-refractivity contribution in [3.05, 3.63) is 0 Å². The molecule has 4 nitrogen and oxygen atoms in total. The Hall–Kier alpha value is -0.610. The van der Waals surface area contributed by atoms with Crippen LogP contribution in [0, 0.1) is 0 Å². The van der Waals surface area contributed by atoms with E-state index in [9.17, 15) is 4.79 Å². The molecule has 0 saturated carbocycles. The molecule has 0 radical (unpaired) electrons. The van der Waals surface area contributed by atoms with E-state index in [1.807, 2.05) is 14.0 Å². The summed E-state index contributed by atoms with van der Waals surface area (Å²) >= 11 is 0. The molecular weight excluding hydrogens is 154 g/mol. The van der Waals surface area contributed by atoms with Crippen molar-refractivity contribution in [2.24, 2.45) is 5.73 Å². The fourth-order valence-electron chi connectivity index (χ4n) is 1.47. The second-order valence-electron chi connectivity index (χ2n) is 3.27. The monoisotopic (exact) mass is 171 g/mol.